The number of hydrogen-bond donors (Lipinski definition) is 1. The average Bonchev–Trinajstić information content (AvgIpc) is 2.00. The number of esters is 1. The Morgan fingerprint density at radius 3 is 2.21 bits per heavy atom. The lowest BCUT2D eigenvalue weighted by molar-refractivity contribution is -0.145. The van der Waals surface area contributed by atoms with Gasteiger partial charge >= 0.3 is 5.97 Å². The molecule has 0 fully saturated rings. The van der Waals surface area contributed by atoms with Crippen LogP contribution in [-0.4, -0.2) is 26.7 Å². The molecule has 3 nitrogen and oxygen atoms in total. The Labute approximate surface area is 88.0 Å². The van der Waals surface area contributed by atoms with Crippen LogP contribution in [0.25, 0.3) is 0 Å². The van der Waals surface area contributed by atoms with Crippen molar-refractivity contribution in [2.24, 2.45) is 11.7 Å². The molecule has 0 rings (SSSR count). The molecule has 0 radical (unpaired) electrons. The summed E-state index contributed by atoms with van der Waals surface area (Å²) in [6.07, 6.45) is 0. The molecule has 0 aliphatic carbocycles. The Morgan fingerprint density at radius 1 is 1.36 bits per heavy atom. The zero-order valence-electron chi connectivity index (χ0n) is 9.96. The van der Waals surface area contributed by atoms with Crippen LogP contribution in [0.5, 0.6) is 0 Å². The van der Waals surface area contributed by atoms with Gasteiger partial charge in [0.05, 0.1) is 6.61 Å². The van der Waals surface area contributed by atoms with Gasteiger partial charge in [0.2, 0.25) is 0 Å². The number of ether oxygens (including phenoxy) is 1. The van der Waals surface area contributed by atoms with E-state index >= 15 is 0 Å². The molecule has 1 atom stereocenters. The summed E-state index contributed by atoms with van der Waals surface area (Å²) in [5.41, 5.74) is 5.65. The molecule has 0 spiro atoms. The van der Waals surface area contributed by atoms with Gasteiger partial charge in [-0.1, -0.05) is 33.5 Å². The highest BCUT2D eigenvalue weighted by Gasteiger charge is 2.20. The summed E-state index contributed by atoms with van der Waals surface area (Å²) in [5, 5.41) is 0. The van der Waals surface area contributed by atoms with E-state index in [1.165, 1.54) is 0 Å². The number of rotatable bonds is 5. The predicted molar refractivity (Wildman–Crippen MR) is 61.9 cm³/mol. The molecule has 0 bridgehead atoms. The molecule has 84 valence electrons. The first-order valence-corrected chi connectivity index (χ1v) is 8.87. The van der Waals surface area contributed by atoms with Crippen molar-refractivity contribution in [3.8, 4) is 0 Å². The Balaban J connectivity index is 3.75. The van der Waals surface area contributed by atoms with Crippen LogP contribution in [0.4, 0.5) is 0 Å². The number of hydrogen-bond acceptors (Lipinski definition) is 3. The van der Waals surface area contributed by atoms with Crippen molar-refractivity contribution in [3.63, 3.8) is 0 Å². The largest absolute Gasteiger partial charge is 0.465 e. The molecule has 0 unspecified atom stereocenters. The molecule has 0 aliphatic rings. The standard InChI is InChI=1S/C10H23NO2Si/c1-8(2)9(11)10(12)13-6-7-14(3,4)5/h8-9H,6-7,11H2,1-5H3/t9-/m0/s1. The maximum Gasteiger partial charge on any atom is 0.323 e. The van der Waals surface area contributed by atoms with E-state index in [0.717, 1.165) is 6.04 Å². The second-order valence-electron chi connectivity index (χ2n) is 5.25. The van der Waals surface area contributed by atoms with Gasteiger partial charge in [-0.25, -0.2) is 0 Å². The van der Waals surface area contributed by atoms with E-state index in [2.05, 4.69) is 19.6 Å². The van der Waals surface area contributed by atoms with Crippen molar-refractivity contribution >= 4 is 14.0 Å². The Kier molecular flexibility index (Phi) is 5.37. The highest BCUT2D eigenvalue weighted by atomic mass is 28.3. The van der Waals surface area contributed by atoms with Gasteiger partial charge < -0.3 is 10.5 Å². The van der Waals surface area contributed by atoms with Crippen LogP contribution in [-0.2, 0) is 9.53 Å². The Hall–Kier alpha value is -0.353. The van der Waals surface area contributed by atoms with Crippen LogP contribution in [0, 0.1) is 5.92 Å². The maximum absolute atomic E-state index is 11.3. The molecular weight excluding hydrogens is 194 g/mol. The van der Waals surface area contributed by atoms with Gasteiger partial charge in [-0.3, -0.25) is 4.79 Å². The van der Waals surface area contributed by atoms with E-state index in [1.807, 2.05) is 13.8 Å². The molecule has 0 amide bonds. The van der Waals surface area contributed by atoms with E-state index in [-0.39, 0.29) is 11.9 Å². The third-order valence-corrected chi connectivity index (χ3v) is 3.79. The van der Waals surface area contributed by atoms with Crippen LogP contribution in [0.1, 0.15) is 13.8 Å². The number of carbonyl (C=O) groups is 1. The molecule has 0 aromatic carbocycles. The van der Waals surface area contributed by atoms with Gasteiger partial charge in [0.25, 0.3) is 0 Å². The molecule has 0 aromatic rings. The zero-order valence-corrected chi connectivity index (χ0v) is 11.0. The highest BCUT2D eigenvalue weighted by Crippen LogP contribution is 2.08. The molecule has 2 N–H and O–H groups in total. The van der Waals surface area contributed by atoms with Gasteiger partial charge in [-0.05, 0) is 12.0 Å². The normalized spacial score (nSPS) is 14.2. The average molecular weight is 217 g/mol. The topological polar surface area (TPSA) is 52.3 Å². The van der Waals surface area contributed by atoms with Crippen LogP contribution < -0.4 is 5.73 Å². The van der Waals surface area contributed by atoms with Gasteiger partial charge in [0.1, 0.15) is 6.04 Å². The Morgan fingerprint density at radius 2 is 1.86 bits per heavy atom. The summed E-state index contributed by atoms with van der Waals surface area (Å²) in [4.78, 5) is 11.3. The first-order chi connectivity index (χ1) is 6.24. The highest BCUT2D eigenvalue weighted by molar-refractivity contribution is 6.76. The lowest BCUT2D eigenvalue weighted by Gasteiger charge is -2.18. The lowest BCUT2D eigenvalue weighted by Crippen LogP contribution is -2.37. The number of nitrogens with two attached hydrogens (primary N) is 1. The van der Waals surface area contributed by atoms with E-state index in [0.29, 0.717) is 6.61 Å². The fourth-order valence-electron chi connectivity index (χ4n) is 0.826. The maximum atomic E-state index is 11.3. The first-order valence-electron chi connectivity index (χ1n) is 5.16. The fraction of sp³-hybridized carbons (Fsp3) is 0.900. The van der Waals surface area contributed by atoms with E-state index in [1.54, 1.807) is 0 Å². The van der Waals surface area contributed by atoms with Crippen molar-refractivity contribution in [1.29, 1.82) is 0 Å². The molecular formula is C10H23NO2Si. The van der Waals surface area contributed by atoms with Crippen LogP contribution in [0.2, 0.25) is 25.7 Å². The van der Waals surface area contributed by atoms with Gasteiger partial charge in [0, 0.05) is 8.07 Å². The minimum absolute atomic E-state index is 0.148. The minimum atomic E-state index is -1.10. The minimum Gasteiger partial charge on any atom is -0.465 e. The van der Waals surface area contributed by atoms with Crippen molar-refractivity contribution in [2.75, 3.05) is 6.61 Å². The summed E-state index contributed by atoms with van der Waals surface area (Å²) in [5.74, 6) is -0.118. The third-order valence-electron chi connectivity index (χ3n) is 2.09. The monoisotopic (exact) mass is 217 g/mol. The lowest BCUT2D eigenvalue weighted by atomic mass is 10.1. The van der Waals surface area contributed by atoms with Gasteiger partial charge in [-0.15, -0.1) is 0 Å². The van der Waals surface area contributed by atoms with Gasteiger partial charge in [-0.2, -0.15) is 0 Å². The molecule has 4 heteroatoms. The van der Waals surface area contributed by atoms with E-state index in [9.17, 15) is 4.79 Å². The molecule has 14 heavy (non-hydrogen) atoms. The summed E-state index contributed by atoms with van der Waals surface area (Å²) < 4.78 is 5.11. The molecule has 0 aromatic heterocycles. The van der Waals surface area contributed by atoms with Gasteiger partial charge in [0.15, 0.2) is 0 Å². The van der Waals surface area contributed by atoms with Crippen LogP contribution in [0.3, 0.4) is 0 Å². The smallest absolute Gasteiger partial charge is 0.323 e. The van der Waals surface area contributed by atoms with Crippen molar-refractivity contribution in [1.82, 2.24) is 0 Å². The summed E-state index contributed by atoms with van der Waals surface area (Å²) in [7, 11) is -1.10. The molecule has 0 heterocycles. The predicted octanol–water partition coefficient (Wildman–Crippen LogP) is 1.85. The fourth-order valence-corrected chi connectivity index (χ4v) is 1.54. The summed E-state index contributed by atoms with van der Waals surface area (Å²) in [6.45, 7) is 11.1. The quantitative estimate of drug-likeness (QED) is 0.565. The third kappa shape index (κ3) is 6.15. The van der Waals surface area contributed by atoms with E-state index < -0.39 is 14.1 Å². The SMILES string of the molecule is CC(C)[C@H](N)C(=O)OCC[Si](C)(C)C. The Bertz CT molecular complexity index is 187. The molecule has 0 aliphatic heterocycles. The van der Waals surface area contributed by atoms with E-state index in [4.69, 9.17) is 10.5 Å². The molecule has 0 saturated heterocycles. The van der Waals surface area contributed by atoms with Crippen LogP contribution in [0.15, 0.2) is 0 Å². The molecule has 0 saturated carbocycles. The van der Waals surface area contributed by atoms with Crippen molar-refractivity contribution < 1.29 is 9.53 Å². The van der Waals surface area contributed by atoms with Crippen molar-refractivity contribution in [2.45, 2.75) is 45.6 Å². The summed E-state index contributed by atoms with van der Waals surface area (Å²) in [6, 6.07) is 0.528. The number of carbonyl (C=O) groups excluding carboxylic acids is 1. The zero-order chi connectivity index (χ0) is 11.4. The summed E-state index contributed by atoms with van der Waals surface area (Å²) >= 11 is 0. The second-order valence-corrected chi connectivity index (χ2v) is 10.9. The second kappa shape index (κ2) is 5.51. The first kappa shape index (κ1) is 13.6. The van der Waals surface area contributed by atoms with Crippen molar-refractivity contribution in [3.05, 3.63) is 0 Å². The van der Waals surface area contributed by atoms with Crippen LogP contribution >= 0.6 is 0 Å².